The van der Waals surface area contributed by atoms with Crippen molar-refractivity contribution >= 4 is 11.6 Å². The van der Waals surface area contributed by atoms with Crippen LogP contribution in [-0.4, -0.2) is 35.6 Å². The number of nitrogens with zero attached hydrogens (tertiary/aromatic N) is 1. The maximum Gasteiger partial charge on any atom is 0.137 e. The van der Waals surface area contributed by atoms with Gasteiger partial charge in [0.05, 0.1) is 0 Å². The molecule has 0 aromatic heterocycles. The Hall–Kier alpha value is -0.700. The molecule has 2 heterocycles. The van der Waals surface area contributed by atoms with Crippen molar-refractivity contribution in [2.45, 2.75) is 84.6 Å². The zero-order valence-electron chi connectivity index (χ0n) is 19.3. The molecule has 0 radical (unpaired) electrons. The van der Waals surface area contributed by atoms with E-state index in [1.54, 1.807) is 0 Å². The van der Waals surface area contributed by atoms with E-state index >= 15 is 0 Å². The van der Waals surface area contributed by atoms with Crippen LogP contribution >= 0.6 is 0 Å². The molecule has 6 rings (SSSR count). The van der Waals surface area contributed by atoms with E-state index in [2.05, 4.69) is 25.7 Å². The highest BCUT2D eigenvalue weighted by Gasteiger charge is 2.62. The molecule has 6 fully saturated rings. The fourth-order valence-electron chi connectivity index (χ4n) is 10.1. The zero-order chi connectivity index (χ0) is 20.8. The fraction of sp³-hybridized carbons (Fsp3) is 0.926. The minimum absolute atomic E-state index is 0.0357. The van der Waals surface area contributed by atoms with E-state index in [1.807, 2.05) is 0 Å². The highest BCUT2D eigenvalue weighted by molar-refractivity contribution is 5.90. The van der Waals surface area contributed by atoms with Gasteiger partial charge in [0.15, 0.2) is 0 Å². The second-order valence-electron chi connectivity index (χ2n) is 12.8. The van der Waals surface area contributed by atoms with Gasteiger partial charge in [-0.3, -0.25) is 14.5 Å². The Balaban J connectivity index is 1.29. The summed E-state index contributed by atoms with van der Waals surface area (Å²) in [4.78, 5) is 28.3. The molecule has 0 bridgehead atoms. The van der Waals surface area contributed by atoms with Crippen LogP contribution in [0.1, 0.15) is 78.6 Å². The van der Waals surface area contributed by atoms with Gasteiger partial charge in [-0.05, 0) is 91.3 Å². The van der Waals surface area contributed by atoms with Crippen LogP contribution in [0.2, 0.25) is 0 Å². The van der Waals surface area contributed by atoms with Crippen LogP contribution in [0.15, 0.2) is 0 Å². The van der Waals surface area contributed by atoms with Crippen LogP contribution in [0, 0.1) is 58.7 Å². The molecular weight excluding hydrogens is 370 g/mol. The minimum atomic E-state index is 0.0357. The molecule has 2 saturated heterocycles. The van der Waals surface area contributed by atoms with Gasteiger partial charge in [0, 0.05) is 44.3 Å². The van der Waals surface area contributed by atoms with Crippen molar-refractivity contribution in [1.82, 2.24) is 4.90 Å². The van der Waals surface area contributed by atoms with Crippen LogP contribution in [0.3, 0.4) is 0 Å². The van der Waals surface area contributed by atoms with Gasteiger partial charge in [0.25, 0.3) is 0 Å². The number of rotatable bonds is 0. The second-order valence-corrected chi connectivity index (χ2v) is 12.8. The van der Waals surface area contributed by atoms with Crippen LogP contribution in [-0.2, 0) is 9.59 Å². The SMILES string of the molecule is C[C@@H]1CCC2[C@H](C)C3CCC4C(CC5C4CC(=O)C4CC(=O)CC[C@@]45C)C3CN2C1. The molecule has 2 aliphatic heterocycles. The lowest BCUT2D eigenvalue weighted by Crippen LogP contribution is -2.58. The molecule has 0 amide bonds. The fourth-order valence-corrected chi connectivity index (χ4v) is 10.1. The molecule has 166 valence electrons. The first-order valence-corrected chi connectivity index (χ1v) is 13.1. The predicted molar refractivity (Wildman–Crippen MR) is 118 cm³/mol. The van der Waals surface area contributed by atoms with E-state index in [-0.39, 0.29) is 11.3 Å². The summed E-state index contributed by atoms with van der Waals surface area (Å²) in [7, 11) is 0. The van der Waals surface area contributed by atoms with Gasteiger partial charge in [-0.25, -0.2) is 0 Å². The highest BCUT2D eigenvalue weighted by Crippen LogP contribution is 2.66. The maximum atomic E-state index is 13.2. The molecule has 0 aromatic carbocycles. The number of piperidine rings is 2. The van der Waals surface area contributed by atoms with Crippen molar-refractivity contribution in [3.8, 4) is 0 Å². The Morgan fingerprint density at radius 2 is 1.67 bits per heavy atom. The number of Topliss-reactive ketones (excluding diaryl/α,β-unsaturated/α-hetero) is 2. The van der Waals surface area contributed by atoms with Gasteiger partial charge in [-0.2, -0.15) is 0 Å². The first-order valence-electron chi connectivity index (χ1n) is 13.1. The summed E-state index contributed by atoms with van der Waals surface area (Å²) in [5, 5.41) is 0. The number of carbonyl (C=O) groups excluding carboxylic acids is 2. The number of hydrogen-bond donors (Lipinski definition) is 0. The average Bonchev–Trinajstić information content (AvgIpc) is 3.09. The quantitative estimate of drug-likeness (QED) is 0.564. The monoisotopic (exact) mass is 411 g/mol. The number of ketones is 2. The Bertz CT molecular complexity index is 745. The molecule has 0 spiro atoms. The molecule has 4 saturated carbocycles. The molecule has 3 heteroatoms. The lowest BCUT2D eigenvalue weighted by molar-refractivity contribution is -0.147. The molecule has 6 aliphatic rings. The van der Waals surface area contributed by atoms with Gasteiger partial charge < -0.3 is 0 Å². The van der Waals surface area contributed by atoms with Crippen LogP contribution in [0.5, 0.6) is 0 Å². The highest BCUT2D eigenvalue weighted by atomic mass is 16.1. The lowest BCUT2D eigenvalue weighted by Gasteiger charge is -2.56. The maximum absolute atomic E-state index is 13.2. The van der Waals surface area contributed by atoms with Crippen molar-refractivity contribution in [1.29, 1.82) is 0 Å². The van der Waals surface area contributed by atoms with Crippen LogP contribution in [0.4, 0.5) is 0 Å². The van der Waals surface area contributed by atoms with E-state index in [4.69, 9.17) is 0 Å². The van der Waals surface area contributed by atoms with Gasteiger partial charge >= 0.3 is 0 Å². The van der Waals surface area contributed by atoms with E-state index in [0.29, 0.717) is 29.8 Å². The molecule has 4 aliphatic carbocycles. The minimum Gasteiger partial charge on any atom is -0.300 e. The summed E-state index contributed by atoms with van der Waals surface area (Å²) in [5.41, 5.74) is 0.100. The van der Waals surface area contributed by atoms with Gasteiger partial charge in [-0.1, -0.05) is 20.8 Å². The number of fused-ring (bicyclic) bond motifs is 8. The molecule has 0 N–H and O–H groups in total. The van der Waals surface area contributed by atoms with E-state index in [0.717, 1.165) is 60.8 Å². The number of carbonyl (C=O) groups is 2. The molecule has 3 nitrogen and oxygen atoms in total. The van der Waals surface area contributed by atoms with E-state index < -0.39 is 0 Å². The zero-order valence-corrected chi connectivity index (χ0v) is 19.3. The van der Waals surface area contributed by atoms with Crippen molar-refractivity contribution < 1.29 is 9.59 Å². The third-order valence-corrected chi connectivity index (χ3v) is 11.6. The predicted octanol–water partition coefficient (Wildman–Crippen LogP) is 4.98. The van der Waals surface area contributed by atoms with Gasteiger partial charge in [0.1, 0.15) is 11.6 Å². The second kappa shape index (κ2) is 6.90. The molecule has 0 aromatic rings. The first kappa shape index (κ1) is 19.9. The van der Waals surface area contributed by atoms with E-state index in [1.165, 1.54) is 45.2 Å². The Kier molecular flexibility index (Phi) is 4.59. The lowest BCUT2D eigenvalue weighted by atomic mass is 9.52. The van der Waals surface area contributed by atoms with E-state index in [9.17, 15) is 9.59 Å². The van der Waals surface area contributed by atoms with Crippen LogP contribution < -0.4 is 0 Å². The summed E-state index contributed by atoms with van der Waals surface area (Å²) in [5.74, 6) is 7.20. The molecule has 30 heavy (non-hydrogen) atoms. The largest absolute Gasteiger partial charge is 0.300 e. The smallest absolute Gasteiger partial charge is 0.137 e. The summed E-state index contributed by atoms with van der Waals surface area (Å²) in [6.45, 7) is 10.1. The third kappa shape index (κ3) is 2.72. The van der Waals surface area contributed by atoms with Crippen LogP contribution in [0.25, 0.3) is 0 Å². The topological polar surface area (TPSA) is 37.4 Å². The Morgan fingerprint density at radius 3 is 2.50 bits per heavy atom. The summed E-state index contributed by atoms with van der Waals surface area (Å²) in [6, 6.07) is 0.829. The Morgan fingerprint density at radius 1 is 0.867 bits per heavy atom. The average molecular weight is 412 g/mol. The third-order valence-electron chi connectivity index (χ3n) is 11.6. The summed E-state index contributed by atoms with van der Waals surface area (Å²) in [6.07, 6.45) is 9.98. The Labute approximate surface area is 182 Å². The summed E-state index contributed by atoms with van der Waals surface area (Å²) < 4.78 is 0. The van der Waals surface area contributed by atoms with Crippen molar-refractivity contribution in [3.63, 3.8) is 0 Å². The number of hydrogen-bond acceptors (Lipinski definition) is 3. The standard InChI is InChI=1S/C27H41NO2/c1-15-4-7-25-16(2)18-5-6-19-20(22(18)14-28(25)13-15)11-23-21(19)12-26(30)24-10-17(29)8-9-27(23,24)3/h15-16,18-25H,4-14H2,1-3H3/t15-,16-,18?,19?,20?,21?,22?,23?,24?,25?,27-/m1/s1. The van der Waals surface area contributed by atoms with Crippen molar-refractivity contribution in [2.75, 3.05) is 13.1 Å². The molecular formula is C27H41NO2. The molecule has 8 unspecified atom stereocenters. The molecule has 11 atom stereocenters. The summed E-state index contributed by atoms with van der Waals surface area (Å²) >= 11 is 0. The normalized spacial score (nSPS) is 55.8. The van der Waals surface area contributed by atoms with Gasteiger partial charge in [-0.15, -0.1) is 0 Å². The van der Waals surface area contributed by atoms with Crippen molar-refractivity contribution in [2.24, 2.45) is 58.7 Å². The first-order chi connectivity index (χ1) is 14.4. The van der Waals surface area contributed by atoms with Gasteiger partial charge in [0.2, 0.25) is 0 Å². The van der Waals surface area contributed by atoms with Crippen molar-refractivity contribution in [3.05, 3.63) is 0 Å².